The van der Waals surface area contributed by atoms with Gasteiger partial charge in [-0.05, 0) is 12.1 Å². The van der Waals surface area contributed by atoms with Gasteiger partial charge in [0.15, 0.2) is 0 Å². The Kier molecular flexibility index (Phi) is 3.52. The first kappa shape index (κ1) is 12.0. The van der Waals surface area contributed by atoms with E-state index in [-0.39, 0.29) is 0 Å². The molecule has 0 saturated carbocycles. The number of rotatable bonds is 5. The van der Waals surface area contributed by atoms with Crippen molar-refractivity contribution in [3.8, 4) is 0 Å². The third-order valence-electron chi connectivity index (χ3n) is 2.51. The molecule has 0 aliphatic heterocycles. The highest BCUT2D eigenvalue weighted by molar-refractivity contribution is 5.92. The average molecular weight is 246 g/mol. The number of hydrogen-bond acceptors (Lipinski definition) is 5. The van der Waals surface area contributed by atoms with Gasteiger partial charge < -0.3 is 15.6 Å². The van der Waals surface area contributed by atoms with Gasteiger partial charge in [-0.2, -0.15) is 0 Å². The molecule has 18 heavy (non-hydrogen) atoms. The van der Waals surface area contributed by atoms with Crippen LogP contribution in [0.2, 0.25) is 0 Å². The van der Waals surface area contributed by atoms with Crippen LogP contribution in [0.4, 0.5) is 5.82 Å². The quantitative estimate of drug-likeness (QED) is 0.771. The van der Waals surface area contributed by atoms with Crippen LogP contribution in [0.5, 0.6) is 0 Å². The van der Waals surface area contributed by atoms with Crippen molar-refractivity contribution < 1.29 is 4.79 Å². The van der Waals surface area contributed by atoms with Crippen molar-refractivity contribution in [3.63, 3.8) is 0 Å². The van der Waals surface area contributed by atoms with Crippen LogP contribution >= 0.6 is 0 Å². The monoisotopic (exact) mass is 246 g/mol. The topological polar surface area (TPSA) is 98.7 Å². The molecular weight excluding hydrogens is 232 g/mol. The second kappa shape index (κ2) is 5.26. The molecule has 0 aromatic carbocycles. The summed E-state index contributed by atoms with van der Waals surface area (Å²) in [6, 6.07) is 3.36. The number of aromatic nitrogens is 4. The van der Waals surface area contributed by atoms with Crippen LogP contribution in [0.3, 0.4) is 0 Å². The first-order valence-corrected chi connectivity index (χ1v) is 5.49. The smallest absolute Gasteiger partial charge is 0.250 e. The molecule has 94 valence electrons. The Balaban J connectivity index is 1.87. The third-order valence-corrected chi connectivity index (χ3v) is 2.51. The molecule has 0 fully saturated rings. The molecule has 2 heterocycles. The highest BCUT2D eigenvalue weighted by atomic mass is 16.1. The van der Waals surface area contributed by atoms with E-state index < -0.39 is 5.91 Å². The van der Waals surface area contributed by atoms with E-state index in [0.717, 1.165) is 12.2 Å². The van der Waals surface area contributed by atoms with Crippen LogP contribution < -0.4 is 11.1 Å². The molecule has 0 aliphatic carbocycles. The van der Waals surface area contributed by atoms with E-state index in [1.165, 1.54) is 6.20 Å². The summed E-state index contributed by atoms with van der Waals surface area (Å²) < 4.78 is 1.87. The van der Waals surface area contributed by atoms with Crippen molar-refractivity contribution in [1.29, 1.82) is 0 Å². The molecule has 7 nitrogen and oxygen atoms in total. The summed E-state index contributed by atoms with van der Waals surface area (Å²) in [5, 5.41) is 10.9. The van der Waals surface area contributed by atoms with Gasteiger partial charge in [-0.3, -0.25) is 4.79 Å². The van der Waals surface area contributed by atoms with E-state index >= 15 is 0 Å². The number of carbonyl (C=O) groups excluding carboxylic acids is 1. The van der Waals surface area contributed by atoms with Gasteiger partial charge >= 0.3 is 0 Å². The Hall–Kier alpha value is -2.44. The molecule has 7 heteroatoms. The molecule has 0 spiro atoms. The minimum atomic E-state index is -0.479. The molecule has 3 N–H and O–H groups in total. The van der Waals surface area contributed by atoms with Crippen molar-refractivity contribution in [1.82, 2.24) is 19.7 Å². The predicted molar refractivity (Wildman–Crippen MR) is 66.0 cm³/mol. The second-order valence-electron chi connectivity index (χ2n) is 3.83. The van der Waals surface area contributed by atoms with Crippen LogP contribution in [-0.2, 0) is 13.5 Å². The van der Waals surface area contributed by atoms with Gasteiger partial charge in [0.1, 0.15) is 18.0 Å². The number of nitrogens with one attached hydrogen (secondary N) is 1. The SMILES string of the molecule is Cn1cnnc1CCNc1ccc(C(N)=O)cn1. The van der Waals surface area contributed by atoms with Crippen molar-refractivity contribution in [2.75, 3.05) is 11.9 Å². The Morgan fingerprint density at radius 3 is 2.89 bits per heavy atom. The zero-order valence-corrected chi connectivity index (χ0v) is 10.00. The Morgan fingerprint density at radius 1 is 1.50 bits per heavy atom. The van der Waals surface area contributed by atoms with E-state index in [2.05, 4.69) is 20.5 Å². The number of nitrogens with zero attached hydrogens (tertiary/aromatic N) is 4. The Bertz CT molecular complexity index is 533. The lowest BCUT2D eigenvalue weighted by Crippen LogP contribution is -2.12. The van der Waals surface area contributed by atoms with E-state index in [9.17, 15) is 4.79 Å². The first-order valence-electron chi connectivity index (χ1n) is 5.49. The van der Waals surface area contributed by atoms with Crippen LogP contribution in [0.25, 0.3) is 0 Å². The Labute approximate surface area is 104 Å². The van der Waals surface area contributed by atoms with Gasteiger partial charge in [0.05, 0.1) is 5.56 Å². The number of hydrogen-bond donors (Lipinski definition) is 2. The lowest BCUT2D eigenvalue weighted by Gasteiger charge is -2.05. The van der Waals surface area contributed by atoms with E-state index in [1.54, 1.807) is 18.5 Å². The Morgan fingerprint density at radius 2 is 2.33 bits per heavy atom. The summed E-state index contributed by atoms with van der Waals surface area (Å²) in [6.45, 7) is 0.690. The van der Waals surface area contributed by atoms with Crippen molar-refractivity contribution in [2.24, 2.45) is 12.8 Å². The third kappa shape index (κ3) is 2.82. The maximum Gasteiger partial charge on any atom is 0.250 e. The van der Waals surface area contributed by atoms with Gasteiger partial charge in [-0.1, -0.05) is 0 Å². The van der Waals surface area contributed by atoms with E-state index in [4.69, 9.17) is 5.73 Å². The number of primary amides is 1. The largest absolute Gasteiger partial charge is 0.370 e. The van der Waals surface area contributed by atoms with Crippen LogP contribution in [0.1, 0.15) is 16.2 Å². The van der Waals surface area contributed by atoms with Crippen LogP contribution in [0, 0.1) is 0 Å². The van der Waals surface area contributed by atoms with E-state index in [0.29, 0.717) is 17.9 Å². The molecule has 0 bridgehead atoms. The average Bonchev–Trinajstić information content (AvgIpc) is 2.76. The summed E-state index contributed by atoms with van der Waals surface area (Å²) in [7, 11) is 1.90. The highest BCUT2D eigenvalue weighted by Gasteiger charge is 2.02. The zero-order valence-electron chi connectivity index (χ0n) is 10.00. The first-order chi connectivity index (χ1) is 8.66. The van der Waals surface area contributed by atoms with Crippen LogP contribution in [0.15, 0.2) is 24.7 Å². The maximum absolute atomic E-state index is 10.9. The fourth-order valence-electron chi connectivity index (χ4n) is 1.48. The minimum absolute atomic E-state index is 0.397. The molecule has 0 radical (unpaired) electrons. The summed E-state index contributed by atoms with van der Waals surface area (Å²) >= 11 is 0. The van der Waals surface area contributed by atoms with Crippen molar-refractivity contribution in [3.05, 3.63) is 36.0 Å². The molecule has 0 unspecified atom stereocenters. The predicted octanol–water partition coefficient (Wildman–Crippen LogP) is -0.0364. The van der Waals surface area contributed by atoms with Gasteiger partial charge in [0, 0.05) is 26.2 Å². The fraction of sp³-hybridized carbons (Fsp3) is 0.273. The summed E-state index contributed by atoms with van der Waals surface area (Å²) in [5.41, 5.74) is 5.52. The van der Waals surface area contributed by atoms with Crippen LogP contribution in [-0.4, -0.2) is 32.2 Å². The fourth-order valence-corrected chi connectivity index (χ4v) is 1.48. The summed E-state index contributed by atoms with van der Waals surface area (Å²) in [6.07, 6.45) is 3.86. The lowest BCUT2D eigenvalue weighted by molar-refractivity contribution is 0.1000. The molecule has 0 saturated heterocycles. The number of aryl methyl sites for hydroxylation is 1. The molecule has 0 atom stereocenters. The molecule has 2 aromatic rings. The van der Waals surface area contributed by atoms with E-state index in [1.807, 2.05) is 11.6 Å². The van der Waals surface area contributed by atoms with Crippen molar-refractivity contribution in [2.45, 2.75) is 6.42 Å². The molecule has 2 rings (SSSR count). The van der Waals surface area contributed by atoms with Gasteiger partial charge in [-0.15, -0.1) is 10.2 Å². The number of carbonyl (C=O) groups is 1. The zero-order chi connectivity index (χ0) is 13.0. The van der Waals surface area contributed by atoms with Gasteiger partial charge in [-0.25, -0.2) is 4.98 Å². The standard InChI is InChI=1S/C11H14N6O/c1-17-7-15-16-10(17)4-5-13-9-3-2-8(6-14-9)11(12)18/h2-3,6-7H,4-5H2,1H3,(H2,12,18)(H,13,14). The summed E-state index contributed by atoms with van der Waals surface area (Å²) in [4.78, 5) is 14.9. The second-order valence-corrected chi connectivity index (χ2v) is 3.83. The van der Waals surface area contributed by atoms with Crippen molar-refractivity contribution >= 4 is 11.7 Å². The number of amides is 1. The number of anilines is 1. The molecule has 0 aliphatic rings. The lowest BCUT2D eigenvalue weighted by atomic mass is 10.3. The maximum atomic E-state index is 10.9. The minimum Gasteiger partial charge on any atom is -0.370 e. The summed E-state index contributed by atoms with van der Waals surface area (Å²) in [5.74, 6) is 1.12. The number of pyridine rings is 1. The molecule has 1 amide bonds. The number of nitrogens with two attached hydrogens (primary N) is 1. The normalized spacial score (nSPS) is 10.3. The molecule has 2 aromatic heterocycles. The highest BCUT2D eigenvalue weighted by Crippen LogP contribution is 2.04. The van der Waals surface area contributed by atoms with Gasteiger partial charge in [0.25, 0.3) is 0 Å². The van der Waals surface area contributed by atoms with Gasteiger partial charge in [0.2, 0.25) is 5.91 Å². The molecular formula is C11H14N6O.